The third-order valence-corrected chi connectivity index (χ3v) is 5.87. The highest BCUT2D eigenvalue weighted by Crippen LogP contribution is 2.26. The predicted octanol–water partition coefficient (Wildman–Crippen LogP) is 3.20. The van der Waals surface area contributed by atoms with Gasteiger partial charge in [-0.1, -0.05) is 19.4 Å². The van der Waals surface area contributed by atoms with Crippen molar-refractivity contribution in [1.82, 2.24) is 4.31 Å². The van der Waals surface area contributed by atoms with Crippen molar-refractivity contribution in [2.75, 3.05) is 19.0 Å². The van der Waals surface area contributed by atoms with Gasteiger partial charge in [-0.2, -0.15) is 4.31 Å². The first-order valence-electron chi connectivity index (χ1n) is 7.27. The van der Waals surface area contributed by atoms with Crippen LogP contribution < -0.4 is 0 Å². The van der Waals surface area contributed by atoms with Crippen molar-refractivity contribution in [3.63, 3.8) is 0 Å². The van der Waals surface area contributed by atoms with E-state index in [1.807, 2.05) is 12.1 Å². The average molecular weight is 316 g/mol. The SMILES string of the molecule is CCCCN(CCCl)S(=O)(=O)c1ccc2c(c1)CCC2. The number of hydrogen-bond acceptors (Lipinski definition) is 2. The first kappa shape index (κ1) is 15.8. The van der Waals surface area contributed by atoms with Crippen molar-refractivity contribution >= 4 is 21.6 Å². The van der Waals surface area contributed by atoms with Crippen LogP contribution in [-0.4, -0.2) is 31.7 Å². The first-order valence-corrected chi connectivity index (χ1v) is 9.25. The molecule has 20 heavy (non-hydrogen) atoms. The van der Waals surface area contributed by atoms with Crippen LogP contribution in [0.1, 0.15) is 37.3 Å². The van der Waals surface area contributed by atoms with Gasteiger partial charge in [0.25, 0.3) is 0 Å². The molecule has 0 spiro atoms. The van der Waals surface area contributed by atoms with Crippen molar-refractivity contribution in [2.24, 2.45) is 0 Å². The fourth-order valence-electron chi connectivity index (χ4n) is 2.64. The number of unbranched alkanes of at least 4 members (excludes halogenated alkanes) is 1. The van der Waals surface area contributed by atoms with Crippen molar-refractivity contribution in [3.05, 3.63) is 29.3 Å². The minimum absolute atomic E-state index is 0.327. The molecule has 0 unspecified atom stereocenters. The quantitative estimate of drug-likeness (QED) is 0.725. The summed E-state index contributed by atoms with van der Waals surface area (Å²) < 4.78 is 26.9. The smallest absolute Gasteiger partial charge is 0.207 e. The summed E-state index contributed by atoms with van der Waals surface area (Å²) in [6, 6.07) is 5.56. The number of alkyl halides is 1. The number of hydrogen-bond donors (Lipinski definition) is 0. The Labute approximate surface area is 127 Å². The maximum atomic E-state index is 12.7. The highest BCUT2D eigenvalue weighted by atomic mass is 35.5. The lowest BCUT2D eigenvalue weighted by molar-refractivity contribution is 0.420. The zero-order valence-electron chi connectivity index (χ0n) is 11.9. The van der Waals surface area contributed by atoms with Crippen LogP contribution in [0.2, 0.25) is 0 Å². The lowest BCUT2D eigenvalue weighted by Gasteiger charge is -2.21. The van der Waals surface area contributed by atoms with Gasteiger partial charge in [0.2, 0.25) is 10.0 Å². The topological polar surface area (TPSA) is 37.4 Å². The van der Waals surface area contributed by atoms with E-state index in [1.165, 1.54) is 15.4 Å². The van der Waals surface area contributed by atoms with E-state index < -0.39 is 10.0 Å². The van der Waals surface area contributed by atoms with Crippen LogP contribution in [-0.2, 0) is 22.9 Å². The lowest BCUT2D eigenvalue weighted by Crippen LogP contribution is -2.33. The van der Waals surface area contributed by atoms with Crippen molar-refractivity contribution in [3.8, 4) is 0 Å². The summed E-state index contributed by atoms with van der Waals surface area (Å²) in [5.74, 6) is 0.327. The predicted molar refractivity (Wildman–Crippen MR) is 82.9 cm³/mol. The molecule has 1 aromatic rings. The highest BCUT2D eigenvalue weighted by Gasteiger charge is 2.25. The van der Waals surface area contributed by atoms with Crippen molar-refractivity contribution in [1.29, 1.82) is 0 Å². The van der Waals surface area contributed by atoms with Gasteiger partial charge in [-0.15, -0.1) is 11.6 Å². The van der Waals surface area contributed by atoms with Gasteiger partial charge in [0.1, 0.15) is 0 Å². The summed E-state index contributed by atoms with van der Waals surface area (Å²) in [7, 11) is -3.41. The number of nitrogens with zero attached hydrogens (tertiary/aromatic N) is 1. The van der Waals surface area contributed by atoms with Gasteiger partial charge in [0.15, 0.2) is 0 Å². The molecule has 2 rings (SSSR count). The van der Waals surface area contributed by atoms with E-state index in [1.54, 1.807) is 6.07 Å². The Morgan fingerprint density at radius 1 is 1.20 bits per heavy atom. The fourth-order valence-corrected chi connectivity index (χ4v) is 4.47. The molecule has 0 bridgehead atoms. The third-order valence-electron chi connectivity index (χ3n) is 3.80. The van der Waals surface area contributed by atoms with Gasteiger partial charge in [-0.25, -0.2) is 8.42 Å². The van der Waals surface area contributed by atoms with Gasteiger partial charge in [-0.3, -0.25) is 0 Å². The van der Waals surface area contributed by atoms with Crippen LogP contribution in [0.5, 0.6) is 0 Å². The molecule has 3 nitrogen and oxygen atoms in total. The van der Waals surface area contributed by atoms with E-state index in [9.17, 15) is 8.42 Å². The van der Waals surface area contributed by atoms with E-state index >= 15 is 0 Å². The molecule has 0 heterocycles. The molecule has 0 saturated heterocycles. The van der Waals surface area contributed by atoms with Crippen molar-refractivity contribution < 1.29 is 8.42 Å². The van der Waals surface area contributed by atoms with Crippen LogP contribution in [0.3, 0.4) is 0 Å². The molecule has 112 valence electrons. The zero-order valence-corrected chi connectivity index (χ0v) is 13.5. The van der Waals surface area contributed by atoms with Gasteiger partial charge >= 0.3 is 0 Å². The first-order chi connectivity index (χ1) is 9.59. The van der Waals surface area contributed by atoms with Gasteiger partial charge in [0.05, 0.1) is 4.90 Å². The fraction of sp³-hybridized carbons (Fsp3) is 0.600. The second-order valence-corrected chi connectivity index (χ2v) is 7.55. The Hall–Kier alpha value is -0.580. The number of benzene rings is 1. The zero-order chi connectivity index (χ0) is 14.6. The van der Waals surface area contributed by atoms with E-state index in [0.717, 1.165) is 32.1 Å². The molecule has 5 heteroatoms. The van der Waals surface area contributed by atoms with Crippen LogP contribution in [0.15, 0.2) is 23.1 Å². The average Bonchev–Trinajstić information content (AvgIpc) is 2.90. The molecule has 0 aliphatic heterocycles. The Kier molecular flexibility index (Phi) is 5.47. The summed E-state index contributed by atoms with van der Waals surface area (Å²) in [5.41, 5.74) is 2.48. The van der Waals surface area contributed by atoms with E-state index in [4.69, 9.17) is 11.6 Å². The van der Waals surface area contributed by atoms with Gasteiger partial charge in [0, 0.05) is 19.0 Å². The van der Waals surface area contributed by atoms with Crippen molar-refractivity contribution in [2.45, 2.75) is 43.9 Å². The summed E-state index contributed by atoms with van der Waals surface area (Å²) >= 11 is 5.76. The van der Waals surface area contributed by atoms with Crippen LogP contribution in [0.25, 0.3) is 0 Å². The molecule has 0 radical (unpaired) electrons. The molecule has 0 atom stereocenters. The number of aryl methyl sites for hydroxylation is 2. The second-order valence-electron chi connectivity index (χ2n) is 5.23. The molecule has 1 aliphatic carbocycles. The monoisotopic (exact) mass is 315 g/mol. The molecule has 0 N–H and O–H groups in total. The second kappa shape index (κ2) is 6.92. The minimum Gasteiger partial charge on any atom is -0.207 e. The van der Waals surface area contributed by atoms with Crippen LogP contribution in [0, 0.1) is 0 Å². The van der Waals surface area contributed by atoms with E-state index in [0.29, 0.717) is 23.9 Å². The van der Waals surface area contributed by atoms with Gasteiger partial charge in [-0.05, 0) is 48.9 Å². The summed E-state index contributed by atoms with van der Waals surface area (Å²) in [6.45, 7) is 2.98. The van der Waals surface area contributed by atoms with E-state index in [2.05, 4.69) is 6.92 Å². The van der Waals surface area contributed by atoms with Crippen LogP contribution in [0.4, 0.5) is 0 Å². The molecule has 0 aromatic heterocycles. The molecule has 0 fully saturated rings. The summed E-state index contributed by atoms with van der Waals surface area (Å²) in [6.07, 6.45) is 5.01. The Bertz CT molecular complexity index is 557. The Balaban J connectivity index is 2.27. The summed E-state index contributed by atoms with van der Waals surface area (Å²) in [5, 5.41) is 0. The summed E-state index contributed by atoms with van der Waals surface area (Å²) in [4.78, 5) is 0.416. The lowest BCUT2D eigenvalue weighted by atomic mass is 10.1. The number of halogens is 1. The molecule has 1 aliphatic rings. The maximum Gasteiger partial charge on any atom is 0.243 e. The minimum atomic E-state index is -3.41. The largest absolute Gasteiger partial charge is 0.243 e. The van der Waals surface area contributed by atoms with Crippen LogP contribution >= 0.6 is 11.6 Å². The number of rotatable bonds is 7. The number of sulfonamides is 1. The maximum absolute atomic E-state index is 12.7. The molecular weight excluding hydrogens is 294 g/mol. The number of fused-ring (bicyclic) bond motifs is 1. The van der Waals surface area contributed by atoms with Gasteiger partial charge < -0.3 is 0 Å². The highest BCUT2D eigenvalue weighted by molar-refractivity contribution is 7.89. The third kappa shape index (κ3) is 3.35. The Morgan fingerprint density at radius 3 is 2.65 bits per heavy atom. The molecular formula is C15H22ClNO2S. The molecule has 0 saturated carbocycles. The molecule has 1 aromatic carbocycles. The van der Waals surface area contributed by atoms with E-state index in [-0.39, 0.29) is 0 Å². The normalized spacial score (nSPS) is 14.8. The standard InChI is InChI=1S/C15H22ClNO2S/c1-2-3-10-17(11-9-16)20(18,19)15-8-7-13-5-4-6-14(13)12-15/h7-8,12H,2-6,9-11H2,1H3. The Morgan fingerprint density at radius 2 is 1.95 bits per heavy atom. The molecule has 0 amide bonds.